The molecule has 1 atom stereocenters. The lowest BCUT2D eigenvalue weighted by molar-refractivity contribution is -0.123. The average molecular weight is 416 g/mol. The van der Waals surface area contributed by atoms with Gasteiger partial charge in [-0.05, 0) is 25.0 Å². The molecule has 116 valence electrons. The Morgan fingerprint density at radius 1 is 1.38 bits per heavy atom. The molecule has 0 spiro atoms. The molecule has 1 amide bonds. The van der Waals surface area contributed by atoms with Crippen LogP contribution in [-0.2, 0) is 14.8 Å². The van der Waals surface area contributed by atoms with Crippen molar-refractivity contribution in [3.8, 4) is 0 Å². The molecule has 1 aromatic carbocycles. The molecular formula is C12H13BrCl2N2O3S. The standard InChI is InChI=1S/C12H13BrCl2N2O3S/c1-16-12(18)10-3-2-4-17(10)21(19,20)11-8(14)5-7(13)6-9(11)15/h5-6,10H,2-4H2,1H3,(H,16,18). The van der Waals surface area contributed by atoms with Crippen LogP contribution in [0.3, 0.4) is 0 Å². The van der Waals surface area contributed by atoms with Crippen LogP contribution in [-0.4, -0.2) is 38.3 Å². The molecule has 2 rings (SSSR count). The number of sulfonamides is 1. The summed E-state index contributed by atoms with van der Waals surface area (Å²) in [5.41, 5.74) is 0. The van der Waals surface area contributed by atoms with Gasteiger partial charge in [-0.2, -0.15) is 4.31 Å². The van der Waals surface area contributed by atoms with Crippen molar-refractivity contribution in [1.82, 2.24) is 9.62 Å². The van der Waals surface area contributed by atoms with E-state index in [9.17, 15) is 13.2 Å². The number of nitrogens with one attached hydrogen (secondary N) is 1. The number of amides is 1. The second kappa shape index (κ2) is 6.42. The average Bonchev–Trinajstić information content (AvgIpc) is 2.86. The van der Waals surface area contributed by atoms with Crippen LogP contribution in [0.2, 0.25) is 10.0 Å². The monoisotopic (exact) mass is 414 g/mol. The Morgan fingerprint density at radius 3 is 2.48 bits per heavy atom. The number of hydrogen-bond donors (Lipinski definition) is 1. The zero-order valence-electron chi connectivity index (χ0n) is 11.1. The van der Waals surface area contributed by atoms with E-state index in [-0.39, 0.29) is 27.4 Å². The molecule has 1 aliphatic heterocycles. The summed E-state index contributed by atoms with van der Waals surface area (Å²) in [4.78, 5) is 11.7. The van der Waals surface area contributed by atoms with Crippen LogP contribution in [0.1, 0.15) is 12.8 Å². The van der Waals surface area contributed by atoms with Gasteiger partial charge in [-0.1, -0.05) is 39.1 Å². The maximum atomic E-state index is 12.8. The number of likely N-dealkylation sites (N-methyl/N-ethyl adjacent to an activating group) is 1. The summed E-state index contributed by atoms with van der Waals surface area (Å²) in [6.07, 6.45) is 1.09. The van der Waals surface area contributed by atoms with Crippen LogP contribution in [0.4, 0.5) is 0 Å². The van der Waals surface area contributed by atoms with Gasteiger partial charge in [-0.15, -0.1) is 0 Å². The molecule has 5 nitrogen and oxygen atoms in total. The highest BCUT2D eigenvalue weighted by Crippen LogP contribution is 2.37. The Bertz CT molecular complexity index is 658. The first kappa shape index (κ1) is 17.0. The third-order valence-electron chi connectivity index (χ3n) is 3.28. The molecule has 1 heterocycles. The number of nitrogens with zero attached hydrogens (tertiary/aromatic N) is 1. The van der Waals surface area contributed by atoms with Crippen LogP contribution >= 0.6 is 39.1 Å². The summed E-state index contributed by atoms with van der Waals surface area (Å²) in [6.45, 7) is 0.267. The SMILES string of the molecule is CNC(=O)C1CCCN1S(=O)(=O)c1c(Cl)cc(Br)cc1Cl. The Labute approximate surface area is 141 Å². The van der Waals surface area contributed by atoms with E-state index in [0.717, 1.165) is 4.31 Å². The van der Waals surface area contributed by atoms with Crippen molar-refractivity contribution in [1.29, 1.82) is 0 Å². The molecule has 0 aliphatic carbocycles. The highest BCUT2D eigenvalue weighted by atomic mass is 79.9. The molecule has 1 N–H and O–H groups in total. The van der Waals surface area contributed by atoms with Crippen molar-refractivity contribution >= 4 is 55.1 Å². The predicted molar refractivity (Wildman–Crippen MR) is 85.1 cm³/mol. The van der Waals surface area contributed by atoms with Crippen LogP contribution in [0.25, 0.3) is 0 Å². The van der Waals surface area contributed by atoms with Crippen molar-refractivity contribution in [3.05, 3.63) is 26.7 Å². The maximum Gasteiger partial charge on any atom is 0.246 e. The Morgan fingerprint density at radius 2 is 1.95 bits per heavy atom. The predicted octanol–water partition coefficient (Wildman–Crippen LogP) is 2.66. The van der Waals surface area contributed by atoms with Gasteiger partial charge in [0.05, 0.1) is 10.0 Å². The summed E-state index contributed by atoms with van der Waals surface area (Å²) in [6, 6.07) is 2.20. The molecule has 0 bridgehead atoms. The third kappa shape index (κ3) is 3.22. The molecule has 21 heavy (non-hydrogen) atoms. The van der Waals surface area contributed by atoms with E-state index in [1.165, 1.54) is 19.2 Å². The summed E-state index contributed by atoms with van der Waals surface area (Å²) in [5.74, 6) is -0.333. The lowest BCUT2D eigenvalue weighted by Gasteiger charge is -2.23. The number of hydrogen-bond acceptors (Lipinski definition) is 3. The smallest absolute Gasteiger partial charge is 0.246 e. The second-order valence-electron chi connectivity index (χ2n) is 4.59. The minimum Gasteiger partial charge on any atom is -0.358 e. The van der Waals surface area contributed by atoms with E-state index in [1.807, 2.05) is 0 Å². The third-order valence-corrected chi connectivity index (χ3v) is 6.57. The van der Waals surface area contributed by atoms with E-state index in [2.05, 4.69) is 21.2 Å². The molecule has 9 heteroatoms. The number of benzene rings is 1. The lowest BCUT2D eigenvalue weighted by Crippen LogP contribution is -2.44. The van der Waals surface area contributed by atoms with Gasteiger partial charge in [0.25, 0.3) is 0 Å². The minimum atomic E-state index is -3.93. The first-order valence-electron chi connectivity index (χ1n) is 6.17. The normalized spacial score (nSPS) is 19.7. The van der Waals surface area contributed by atoms with Gasteiger partial charge in [-0.25, -0.2) is 8.42 Å². The van der Waals surface area contributed by atoms with Gasteiger partial charge >= 0.3 is 0 Å². The number of rotatable bonds is 3. The molecule has 0 aromatic heterocycles. The molecule has 1 aromatic rings. The van der Waals surface area contributed by atoms with Crippen LogP contribution in [0.5, 0.6) is 0 Å². The fraction of sp³-hybridized carbons (Fsp3) is 0.417. The fourth-order valence-electron chi connectivity index (χ4n) is 2.35. The quantitative estimate of drug-likeness (QED) is 0.825. The maximum absolute atomic E-state index is 12.8. The van der Waals surface area contributed by atoms with E-state index in [0.29, 0.717) is 17.3 Å². The van der Waals surface area contributed by atoms with Crippen LogP contribution in [0.15, 0.2) is 21.5 Å². The van der Waals surface area contributed by atoms with Gasteiger partial charge < -0.3 is 5.32 Å². The second-order valence-corrected chi connectivity index (χ2v) is 8.14. The van der Waals surface area contributed by atoms with Crippen molar-refractivity contribution in [2.45, 2.75) is 23.8 Å². The molecule has 1 fully saturated rings. The first-order chi connectivity index (χ1) is 9.78. The van der Waals surface area contributed by atoms with Gasteiger partial charge in [0.2, 0.25) is 15.9 Å². The van der Waals surface area contributed by atoms with Crippen LogP contribution in [0, 0.1) is 0 Å². The summed E-state index contributed by atoms with van der Waals surface area (Å²) < 4.78 is 27.3. The van der Waals surface area contributed by atoms with Gasteiger partial charge in [0, 0.05) is 18.1 Å². The molecule has 1 saturated heterocycles. The van der Waals surface area contributed by atoms with Crippen molar-refractivity contribution in [3.63, 3.8) is 0 Å². The molecule has 0 radical (unpaired) electrons. The zero-order valence-corrected chi connectivity index (χ0v) is 15.0. The van der Waals surface area contributed by atoms with Crippen molar-refractivity contribution in [2.75, 3.05) is 13.6 Å². The van der Waals surface area contributed by atoms with Crippen LogP contribution < -0.4 is 5.32 Å². The highest BCUT2D eigenvalue weighted by Gasteiger charge is 2.40. The first-order valence-corrected chi connectivity index (χ1v) is 9.16. The number of carbonyl (C=O) groups is 1. The fourth-order valence-corrected chi connectivity index (χ4v) is 5.89. The van der Waals surface area contributed by atoms with Gasteiger partial charge in [-0.3, -0.25) is 4.79 Å². The summed E-state index contributed by atoms with van der Waals surface area (Å²) >= 11 is 15.3. The van der Waals surface area contributed by atoms with Crippen molar-refractivity contribution < 1.29 is 13.2 Å². The van der Waals surface area contributed by atoms with Gasteiger partial charge in [0.15, 0.2) is 0 Å². The van der Waals surface area contributed by atoms with Crippen molar-refractivity contribution in [2.24, 2.45) is 0 Å². The van der Waals surface area contributed by atoms with E-state index >= 15 is 0 Å². The Hall–Kier alpha value is -0.340. The van der Waals surface area contributed by atoms with E-state index in [4.69, 9.17) is 23.2 Å². The topological polar surface area (TPSA) is 66.5 Å². The highest BCUT2D eigenvalue weighted by molar-refractivity contribution is 9.10. The zero-order chi connectivity index (χ0) is 15.8. The Kier molecular flexibility index (Phi) is 5.20. The van der Waals surface area contributed by atoms with E-state index < -0.39 is 16.1 Å². The summed E-state index contributed by atoms with van der Waals surface area (Å²) in [7, 11) is -2.46. The molecular weight excluding hydrogens is 403 g/mol. The molecule has 0 saturated carbocycles. The van der Waals surface area contributed by atoms with E-state index in [1.54, 1.807) is 0 Å². The molecule has 1 unspecified atom stereocenters. The molecule has 1 aliphatic rings. The summed E-state index contributed by atoms with van der Waals surface area (Å²) in [5, 5.41) is 2.53. The number of halogens is 3. The Balaban J connectivity index is 2.50. The number of carbonyl (C=O) groups excluding carboxylic acids is 1. The lowest BCUT2D eigenvalue weighted by atomic mass is 10.2. The minimum absolute atomic E-state index is 0.0249. The largest absolute Gasteiger partial charge is 0.358 e. The van der Waals surface area contributed by atoms with Gasteiger partial charge in [0.1, 0.15) is 10.9 Å².